The van der Waals surface area contributed by atoms with Gasteiger partial charge < -0.3 is 42.7 Å². The lowest BCUT2D eigenvalue weighted by molar-refractivity contribution is -0.941. The van der Waals surface area contributed by atoms with E-state index >= 15 is 0 Å². The molecule has 1 aliphatic rings. The van der Waals surface area contributed by atoms with Crippen molar-refractivity contribution in [3.63, 3.8) is 0 Å². The Hall–Kier alpha value is -3.28. The number of rotatable bonds is 15. The molecule has 0 saturated carbocycles. The number of ether oxygens (including phenoxy) is 7. The number of nitrogens with zero attached hydrogens (tertiary/aromatic N) is 1. The molecule has 0 amide bonds. The fraction of sp³-hybridized carbons (Fsp3) is 0.533. The van der Waals surface area contributed by atoms with E-state index in [0.717, 1.165) is 29.7 Å². The summed E-state index contributed by atoms with van der Waals surface area (Å²) in [5, 5.41) is 5.96. The molecule has 0 aromatic heterocycles. The molecule has 4 atom stereocenters. The van der Waals surface area contributed by atoms with Crippen LogP contribution < -0.4 is 28.4 Å². The van der Waals surface area contributed by atoms with Crippen molar-refractivity contribution >= 4 is 35.1 Å². The van der Waals surface area contributed by atoms with Gasteiger partial charge in [0.25, 0.3) is 0 Å². The first-order valence-corrected chi connectivity index (χ1v) is 14.5. The largest absolute Gasteiger partial charge is 0.493 e. The average Bonchev–Trinajstić information content (AvgIpc) is 3.01. The molecule has 0 spiro atoms. The number of carboxylic acids is 1. The predicted molar refractivity (Wildman–Crippen MR) is 161 cm³/mol. The van der Waals surface area contributed by atoms with Gasteiger partial charge in [0.1, 0.15) is 6.04 Å². The topological polar surface area (TPSA) is 119 Å². The second kappa shape index (κ2) is 14.9. The van der Waals surface area contributed by atoms with Crippen LogP contribution in [0.4, 0.5) is 0 Å². The number of esters is 1. The summed E-state index contributed by atoms with van der Waals surface area (Å²) in [6.07, 6.45) is 1.80. The molecule has 43 heavy (non-hydrogen) atoms. The minimum Gasteiger partial charge on any atom is -0.493 e. The van der Waals surface area contributed by atoms with Crippen molar-refractivity contribution in [3.05, 3.63) is 34.9 Å². The van der Waals surface area contributed by atoms with E-state index in [4.69, 9.17) is 61.5 Å². The molecule has 0 aliphatic carbocycles. The van der Waals surface area contributed by atoms with E-state index in [1.807, 2.05) is 18.2 Å². The quantitative estimate of drug-likeness (QED) is 0.130. The number of hydrogen-bond acceptors (Lipinski definition) is 9. The van der Waals surface area contributed by atoms with Crippen LogP contribution >= 0.6 is 23.2 Å². The van der Waals surface area contributed by atoms with E-state index in [0.29, 0.717) is 58.4 Å². The molecular weight excluding hydrogens is 605 g/mol. The van der Waals surface area contributed by atoms with E-state index in [-0.39, 0.29) is 12.6 Å². The summed E-state index contributed by atoms with van der Waals surface area (Å²) in [7, 11) is 11.6. The number of aliphatic carboxylic acids is 1. The smallest absolute Gasteiger partial charge is 0.326 e. The van der Waals surface area contributed by atoms with E-state index < -0.39 is 22.7 Å². The lowest BCUT2D eigenvalue weighted by Gasteiger charge is -2.46. The maximum atomic E-state index is 12.3. The number of halogens is 2. The van der Waals surface area contributed by atoms with Gasteiger partial charge in [-0.25, -0.2) is 0 Å². The number of likely N-dealkylation sites (N-methyl/N-ethyl adjacent to an activating group) is 1. The first-order valence-electron chi connectivity index (χ1n) is 13.6. The van der Waals surface area contributed by atoms with Gasteiger partial charge in [-0.15, -0.1) is 23.2 Å². The van der Waals surface area contributed by atoms with Gasteiger partial charge in [0.2, 0.25) is 11.5 Å². The minimum atomic E-state index is -1.58. The SMILES string of the molecule is COc1cc(C[C@@H]2c3c(cc(OC)c(OC)c3OC)CC[N@@+]2(C)CCCOC(=O)C(Cl)C(Cl)C(=O)O)cc(OC)c1OC. The molecular formula is C30H40Cl2NO10+. The van der Waals surface area contributed by atoms with Gasteiger partial charge in [-0.1, -0.05) is 0 Å². The minimum absolute atomic E-state index is 0.0476. The summed E-state index contributed by atoms with van der Waals surface area (Å²) in [5.41, 5.74) is 3.03. The molecule has 0 fully saturated rings. The van der Waals surface area contributed by atoms with Crippen LogP contribution in [0.5, 0.6) is 34.5 Å². The van der Waals surface area contributed by atoms with Gasteiger partial charge in [0.15, 0.2) is 33.8 Å². The molecule has 1 N–H and O–H groups in total. The zero-order valence-corrected chi connectivity index (χ0v) is 27.0. The first-order chi connectivity index (χ1) is 20.5. The molecule has 238 valence electrons. The summed E-state index contributed by atoms with van der Waals surface area (Å²) in [6.45, 7) is 1.44. The van der Waals surface area contributed by atoms with Crippen molar-refractivity contribution in [1.82, 2.24) is 0 Å². The molecule has 0 saturated heterocycles. The van der Waals surface area contributed by atoms with Gasteiger partial charge in [0.05, 0.1) is 75.0 Å². The van der Waals surface area contributed by atoms with Gasteiger partial charge in [-0.3, -0.25) is 9.59 Å². The zero-order chi connectivity index (χ0) is 31.9. The summed E-state index contributed by atoms with van der Waals surface area (Å²) in [6, 6.07) is 5.73. The number of carbonyl (C=O) groups excluding carboxylic acids is 1. The van der Waals surface area contributed by atoms with Crippen molar-refractivity contribution < 1.29 is 52.3 Å². The Kier molecular flexibility index (Phi) is 11.9. The maximum Gasteiger partial charge on any atom is 0.326 e. The van der Waals surface area contributed by atoms with Crippen molar-refractivity contribution in [3.8, 4) is 34.5 Å². The number of fused-ring (bicyclic) bond motifs is 1. The van der Waals surface area contributed by atoms with E-state index in [1.165, 1.54) is 0 Å². The Bertz CT molecular complexity index is 1280. The zero-order valence-electron chi connectivity index (χ0n) is 25.5. The van der Waals surface area contributed by atoms with Gasteiger partial charge >= 0.3 is 11.9 Å². The summed E-state index contributed by atoms with van der Waals surface area (Å²) in [4.78, 5) is 23.4. The normalized spacial score (nSPS) is 19.0. The van der Waals surface area contributed by atoms with Crippen LogP contribution in [0.1, 0.15) is 29.2 Å². The monoisotopic (exact) mass is 644 g/mol. The summed E-state index contributed by atoms with van der Waals surface area (Å²) in [5.74, 6) is 1.01. The number of methoxy groups -OCH3 is 6. The fourth-order valence-electron chi connectivity index (χ4n) is 5.63. The van der Waals surface area contributed by atoms with Crippen LogP contribution in [-0.4, -0.2) is 102 Å². The van der Waals surface area contributed by atoms with Crippen LogP contribution in [0.3, 0.4) is 0 Å². The first kappa shape index (κ1) is 34.2. The molecule has 0 bridgehead atoms. The Balaban J connectivity index is 2.01. The second-order valence-electron chi connectivity index (χ2n) is 10.3. The molecule has 1 heterocycles. The third kappa shape index (κ3) is 7.27. The van der Waals surface area contributed by atoms with Crippen LogP contribution in [-0.2, 0) is 27.2 Å². The molecule has 3 rings (SSSR count). The van der Waals surface area contributed by atoms with Crippen LogP contribution in [0.2, 0.25) is 0 Å². The predicted octanol–water partition coefficient (Wildman–Crippen LogP) is 4.26. The third-order valence-electron chi connectivity index (χ3n) is 7.86. The number of benzene rings is 2. The van der Waals surface area contributed by atoms with E-state index in [9.17, 15) is 9.59 Å². The van der Waals surface area contributed by atoms with Gasteiger partial charge in [-0.05, 0) is 29.3 Å². The van der Waals surface area contributed by atoms with Gasteiger partial charge in [0, 0.05) is 19.3 Å². The van der Waals surface area contributed by atoms with Crippen molar-refractivity contribution in [1.29, 1.82) is 0 Å². The highest BCUT2D eigenvalue weighted by Crippen LogP contribution is 2.51. The molecule has 2 unspecified atom stereocenters. The highest BCUT2D eigenvalue weighted by molar-refractivity contribution is 6.41. The van der Waals surface area contributed by atoms with E-state index in [1.54, 1.807) is 42.7 Å². The molecule has 1 aliphatic heterocycles. The highest BCUT2D eigenvalue weighted by atomic mass is 35.5. The maximum absolute atomic E-state index is 12.3. The Morgan fingerprint density at radius 3 is 1.93 bits per heavy atom. The Morgan fingerprint density at radius 1 is 0.860 bits per heavy atom. The lowest BCUT2D eigenvalue weighted by atomic mass is 9.85. The van der Waals surface area contributed by atoms with Gasteiger partial charge in [-0.2, -0.15) is 0 Å². The third-order valence-corrected chi connectivity index (χ3v) is 8.86. The molecule has 11 nitrogen and oxygen atoms in total. The summed E-state index contributed by atoms with van der Waals surface area (Å²) >= 11 is 11.6. The number of alkyl halides is 2. The molecule has 2 aromatic carbocycles. The van der Waals surface area contributed by atoms with Crippen molar-refractivity contribution in [2.24, 2.45) is 0 Å². The summed E-state index contributed by atoms with van der Waals surface area (Å²) < 4.78 is 40.0. The number of quaternary nitrogens is 1. The van der Waals surface area contributed by atoms with Crippen LogP contribution in [0.25, 0.3) is 0 Å². The Labute approximate surface area is 262 Å². The molecule has 0 radical (unpaired) electrons. The number of hydrogen-bond donors (Lipinski definition) is 1. The number of carbonyl (C=O) groups is 2. The van der Waals surface area contributed by atoms with Crippen LogP contribution in [0.15, 0.2) is 18.2 Å². The molecule has 13 heteroatoms. The average molecular weight is 646 g/mol. The lowest BCUT2D eigenvalue weighted by Crippen LogP contribution is -2.53. The Morgan fingerprint density at radius 2 is 1.42 bits per heavy atom. The van der Waals surface area contributed by atoms with Crippen molar-refractivity contribution in [2.75, 3.05) is 69.4 Å². The fourth-order valence-corrected chi connectivity index (χ4v) is 5.91. The highest BCUT2D eigenvalue weighted by Gasteiger charge is 2.43. The van der Waals surface area contributed by atoms with Crippen molar-refractivity contribution in [2.45, 2.75) is 36.1 Å². The van der Waals surface area contributed by atoms with Crippen LogP contribution in [0, 0.1) is 0 Å². The number of carboxylic acid groups (broad SMARTS) is 1. The van der Waals surface area contributed by atoms with E-state index in [2.05, 4.69) is 7.05 Å². The molecule has 2 aromatic rings. The second-order valence-corrected chi connectivity index (χ2v) is 11.3. The standard InChI is InChI=1S/C30H39Cl2NO10/c1-33(10-8-12-43-30(36)25(32)24(31)29(34)35)11-9-18-16-22(39-4)27(41-6)28(42-7)23(18)19(33)13-17-14-20(37-2)26(40-5)21(15-17)38-3/h14-16,19,24-25H,8-13H2,1-7H3/p+1/t19-,24?,25?,33-/m1/s1.